The number of fused-ring (bicyclic) bond motifs is 1. The van der Waals surface area contributed by atoms with Crippen molar-refractivity contribution < 1.29 is 14.3 Å². The summed E-state index contributed by atoms with van der Waals surface area (Å²) in [7, 11) is 1.79. The largest absolute Gasteiger partial charge is 0.423 e. The lowest BCUT2D eigenvalue weighted by atomic mass is 9.97. The minimum absolute atomic E-state index is 0.0181. The Hall–Kier alpha value is -4.25. The quantitative estimate of drug-likeness (QED) is 0.386. The maximum absolute atomic E-state index is 12.0. The van der Waals surface area contributed by atoms with E-state index in [-0.39, 0.29) is 18.2 Å². The molecule has 0 unspecified atom stereocenters. The SMILES string of the molecule is Cn1cc(Nc2ncc(C3CN(c4nc5ccc(/C=C/CO)cc5o4)C3)nc2C(N)=O)cn1. The number of aromatic nitrogens is 5. The Morgan fingerprint density at radius 2 is 2.18 bits per heavy atom. The molecule has 1 amide bonds. The molecule has 11 heteroatoms. The van der Waals surface area contributed by atoms with Crippen molar-refractivity contribution in [2.45, 2.75) is 5.92 Å². The van der Waals surface area contributed by atoms with E-state index in [9.17, 15) is 4.79 Å². The normalized spacial score (nSPS) is 14.2. The highest BCUT2D eigenvalue weighted by molar-refractivity contribution is 5.96. The summed E-state index contributed by atoms with van der Waals surface area (Å²) in [6.07, 6.45) is 8.52. The van der Waals surface area contributed by atoms with Crippen molar-refractivity contribution in [2.75, 3.05) is 29.9 Å². The van der Waals surface area contributed by atoms with Crippen LogP contribution in [0.4, 0.5) is 17.5 Å². The van der Waals surface area contributed by atoms with Gasteiger partial charge in [-0.25, -0.2) is 9.97 Å². The molecule has 1 aromatic carbocycles. The molecule has 1 aliphatic rings. The third kappa shape index (κ3) is 4.13. The van der Waals surface area contributed by atoms with Gasteiger partial charge in [0.15, 0.2) is 17.1 Å². The Kier molecular flexibility index (Phi) is 5.23. The highest BCUT2D eigenvalue weighted by Gasteiger charge is 2.33. The van der Waals surface area contributed by atoms with Crippen LogP contribution in [0.3, 0.4) is 0 Å². The first kappa shape index (κ1) is 20.6. The van der Waals surface area contributed by atoms with Crippen LogP contribution < -0.4 is 16.0 Å². The number of nitrogens with zero attached hydrogens (tertiary/aromatic N) is 6. The number of nitrogens with one attached hydrogen (secondary N) is 1. The van der Waals surface area contributed by atoms with Crippen LogP contribution in [0, 0.1) is 0 Å². The number of hydrogen-bond donors (Lipinski definition) is 3. The average molecular weight is 446 g/mol. The van der Waals surface area contributed by atoms with Crippen LogP contribution in [0.25, 0.3) is 17.2 Å². The smallest absolute Gasteiger partial charge is 0.298 e. The first-order valence-corrected chi connectivity index (χ1v) is 10.4. The summed E-state index contributed by atoms with van der Waals surface area (Å²) in [5.74, 6) is -0.293. The molecular weight excluding hydrogens is 424 g/mol. The van der Waals surface area contributed by atoms with Crippen molar-refractivity contribution in [3.8, 4) is 0 Å². The fourth-order valence-electron chi connectivity index (χ4n) is 3.66. The minimum atomic E-state index is -0.656. The summed E-state index contributed by atoms with van der Waals surface area (Å²) in [5, 5.41) is 16.0. The first-order chi connectivity index (χ1) is 16.0. The molecule has 1 aliphatic heterocycles. The molecule has 4 N–H and O–H groups in total. The van der Waals surface area contributed by atoms with Gasteiger partial charge < -0.3 is 25.5 Å². The molecule has 33 heavy (non-hydrogen) atoms. The number of primary amides is 1. The highest BCUT2D eigenvalue weighted by atomic mass is 16.4. The third-order valence-electron chi connectivity index (χ3n) is 5.38. The maximum atomic E-state index is 12.0. The second-order valence-electron chi connectivity index (χ2n) is 7.79. The third-order valence-corrected chi connectivity index (χ3v) is 5.38. The lowest BCUT2D eigenvalue weighted by Gasteiger charge is -2.37. The average Bonchev–Trinajstić information content (AvgIpc) is 3.37. The molecule has 0 bridgehead atoms. The molecule has 0 aliphatic carbocycles. The number of oxazole rings is 1. The maximum Gasteiger partial charge on any atom is 0.298 e. The molecule has 0 atom stereocenters. The van der Waals surface area contributed by atoms with E-state index in [1.165, 1.54) is 0 Å². The second-order valence-corrected chi connectivity index (χ2v) is 7.79. The molecule has 0 spiro atoms. The van der Waals surface area contributed by atoms with Gasteiger partial charge in [0.2, 0.25) is 0 Å². The molecule has 11 nitrogen and oxygen atoms in total. The molecule has 3 aromatic heterocycles. The molecule has 1 fully saturated rings. The number of aliphatic hydroxyl groups is 1. The van der Waals surface area contributed by atoms with Gasteiger partial charge >= 0.3 is 0 Å². The van der Waals surface area contributed by atoms with E-state index in [1.54, 1.807) is 36.4 Å². The number of rotatable bonds is 7. The molecule has 1 saturated heterocycles. The molecule has 5 rings (SSSR count). The predicted molar refractivity (Wildman–Crippen MR) is 122 cm³/mol. The monoisotopic (exact) mass is 446 g/mol. The van der Waals surface area contributed by atoms with Gasteiger partial charge in [0.05, 0.1) is 30.4 Å². The van der Waals surface area contributed by atoms with E-state index >= 15 is 0 Å². The Morgan fingerprint density at radius 1 is 1.33 bits per heavy atom. The molecule has 0 saturated carbocycles. The summed E-state index contributed by atoms with van der Waals surface area (Å²) in [5.41, 5.74) is 9.36. The number of nitrogens with two attached hydrogens (primary N) is 1. The standard InChI is InChI=1S/C22H22N8O3/c1-29-12-15(8-25-29)26-21-19(20(23)32)27-17(9-24-21)14-10-30(11-14)22-28-16-5-4-13(3-2-6-31)7-18(16)33-22/h2-5,7-9,12,14,31H,6,10-11H2,1H3,(H2,23,32)(H,24,26)/b3-2+. The van der Waals surface area contributed by atoms with E-state index in [1.807, 2.05) is 29.2 Å². The van der Waals surface area contributed by atoms with Crippen LogP contribution in [-0.2, 0) is 7.05 Å². The number of hydrogen-bond acceptors (Lipinski definition) is 9. The summed E-state index contributed by atoms with van der Waals surface area (Å²) in [4.78, 5) is 27.4. The molecule has 0 radical (unpaired) electrons. The summed E-state index contributed by atoms with van der Waals surface area (Å²) in [6.45, 7) is 1.24. The van der Waals surface area contributed by atoms with Crippen molar-refractivity contribution in [1.29, 1.82) is 0 Å². The molecule has 168 valence electrons. The lowest BCUT2D eigenvalue weighted by molar-refractivity contribution is 0.0995. The number of amides is 1. The fraction of sp³-hybridized carbons (Fsp3) is 0.227. The highest BCUT2D eigenvalue weighted by Crippen LogP contribution is 2.33. The van der Waals surface area contributed by atoms with E-state index in [0.717, 1.165) is 11.1 Å². The van der Waals surface area contributed by atoms with Crippen LogP contribution in [0.2, 0.25) is 0 Å². The van der Waals surface area contributed by atoms with Gasteiger partial charge in [-0.2, -0.15) is 10.1 Å². The number of anilines is 3. The van der Waals surface area contributed by atoms with Crippen molar-refractivity contribution in [1.82, 2.24) is 24.7 Å². The van der Waals surface area contributed by atoms with Crippen molar-refractivity contribution in [3.05, 3.63) is 59.8 Å². The van der Waals surface area contributed by atoms with Gasteiger partial charge in [0, 0.05) is 32.3 Å². The van der Waals surface area contributed by atoms with Crippen molar-refractivity contribution in [2.24, 2.45) is 12.8 Å². The van der Waals surface area contributed by atoms with Crippen molar-refractivity contribution in [3.63, 3.8) is 0 Å². The molecule has 4 heterocycles. The zero-order valence-corrected chi connectivity index (χ0v) is 17.8. The summed E-state index contributed by atoms with van der Waals surface area (Å²) < 4.78 is 7.55. The van der Waals surface area contributed by atoms with Crippen LogP contribution in [0.5, 0.6) is 0 Å². The lowest BCUT2D eigenvalue weighted by Crippen LogP contribution is -2.45. The predicted octanol–water partition coefficient (Wildman–Crippen LogP) is 1.80. The van der Waals surface area contributed by atoms with Gasteiger partial charge in [-0.05, 0) is 17.7 Å². The van der Waals surface area contributed by atoms with E-state index in [0.29, 0.717) is 41.9 Å². The summed E-state index contributed by atoms with van der Waals surface area (Å²) in [6, 6.07) is 6.22. The van der Waals surface area contributed by atoms with Gasteiger partial charge in [0.25, 0.3) is 11.9 Å². The number of aliphatic hydroxyl groups excluding tert-OH is 1. The van der Waals surface area contributed by atoms with E-state index in [2.05, 4.69) is 25.4 Å². The van der Waals surface area contributed by atoms with Gasteiger partial charge in [-0.1, -0.05) is 18.2 Å². The number of aryl methyl sites for hydroxylation is 1. The van der Waals surface area contributed by atoms with Crippen LogP contribution in [0.15, 0.2) is 47.3 Å². The molecule has 4 aromatic rings. The Labute approximate surface area is 188 Å². The first-order valence-electron chi connectivity index (χ1n) is 10.4. The van der Waals surface area contributed by atoms with Gasteiger partial charge in [-0.15, -0.1) is 0 Å². The van der Waals surface area contributed by atoms with E-state index < -0.39 is 5.91 Å². The second kappa shape index (κ2) is 8.36. The van der Waals surface area contributed by atoms with Crippen molar-refractivity contribution >= 4 is 40.6 Å². The molecular formula is C22H22N8O3. The fourth-order valence-corrected chi connectivity index (χ4v) is 3.66. The minimum Gasteiger partial charge on any atom is -0.423 e. The van der Waals surface area contributed by atoms with Gasteiger partial charge in [0.1, 0.15) is 5.52 Å². The van der Waals surface area contributed by atoms with Crippen LogP contribution in [0.1, 0.15) is 27.7 Å². The van der Waals surface area contributed by atoms with Crippen LogP contribution in [-0.4, -0.2) is 55.4 Å². The van der Waals surface area contributed by atoms with Gasteiger partial charge in [-0.3, -0.25) is 9.48 Å². The number of carbonyl (C=O) groups excluding carboxylic acids is 1. The number of benzene rings is 1. The zero-order valence-electron chi connectivity index (χ0n) is 17.8. The summed E-state index contributed by atoms with van der Waals surface area (Å²) >= 11 is 0. The van der Waals surface area contributed by atoms with E-state index in [4.69, 9.17) is 15.3 Å². The number of carbonyl (C=O) groups is 1. The topological polar surface area (TPSA) is 148 Å². The zero-order chi connectivity index (χ0) is 22.9. The Morgan fingerprint density at radius 3 is 2.91 bits per heavy atom. The Balaban J connectivity index is 1.30. The Bertz CT molecular complexity index is 1350. The van der Waals surface area contributed by atoms with Crippen LogP contribution >= 0.6 is 0 Å².